The molecule has 1 N–H and O–H groups in total. The van der Waals surface area contributed by atoms with Gasteiger partial charge in [-0.1, -0.05) is 11.8 Å². The van der Waals surface area contributed by atoms with Crippen molar-refractivity contribution in [3.63, 3.8) is 0 Å². The van der Waals surface area contributed by atoms with E-state index in [1.807, 2.05) is 20.4 Å². The van der Waals surface area contributed by atoms with Crippen LogP contribution >= 0.6 is 11.8 Å². The molecule has 2 amide bonds. The molecule has 0 aliphatic heterocycles. The van der Waals surface area contributed by atoms with Crippen LogP contribution < -0.4 is 5.32 Å². The Kier molecular flexibility index (Phi) is 5.57. The highest BCUT2D eigenvalue weighted by atomic mass is 32.2. The van der Waals surface area contributed by atoms with E-state index in [9.17, 15) is 9.59 Å². The molecule has 0 saturated heterocycles. The van der Waals surface area contributed by atoms with Gasteiger partial charge in [-0.3, -0.25) is 9.59 Å². The van der Waals surface area contributed by atoms with Gasteiger partial charge in [0.15, 0.2) is 5.17 Å². The molecule has 5 nitrogen and oxygen atoms in total. The minimum Gasteiger partial charge on any atom is -0.357 e. The van der Waals surface area contributed by atoms with Gasteiger partial charge in [-0.25, -0.2) is 0 Å². The molecule has 1 rings (SSSR count). The molecule has 19 heavy (non-hydrogen) atoms. The van der Waals surface area contributed by atoms with Crippen molar-refractivity contribution in [2.45, 2.75) is 6.92 Å². The third-order valence-electron chi connectivity index (χ3n) is 2.21. The van der Waals surface area contributed by atoms with E-state index in [1.165, 1.54) is 18.7 Å². The summed E-state index contributed by atoms with van der Waals surface area (Å²) in [5, 5.41) is 3.29. The van der Waals surface area contributed by atoms with Crippen LogP contribution in [-0.2, 0) is 4.79 Å². The Labute approximate surface area is 117 Å². The predicted octanol–water partition coefficient (Wildman–Crippen LogP) is 2.07. The Hall–Kier alpha value is -1.82. The second-order valence-electron chi connectivity index (χ2n) is 4.06. The summed E-state index contributed by atoms with van der Waals surface area (Å²) in [6.07, 6.45) is 1.87. The molecular formula is C13H17N3O2S. The SMILES string of the molecule is CSC(=NC(=O)c1ccc(NC(C)=O)cc1)N(C)C. The first-order valence-corrected chi connectivity index (χ1v) is 6.88. The first-order chi connectivity index (χ1) is 8.93. The summed E-state index contributed by atoms with van der Waals surface area (Å²) < 4.78 is 0. The highest BCUT2D eigenvalue weighted by Crippen LogP contribution is 2.11. The third-order valence-corrected chi connectivity index (χ3v) is 3.04. The molecule has 0 aliphatic carbocycles. The monoisotopic (exact) mass is 279 g/mol. The van der Waals surface area contributed by atoms with E-state index in [0.717, 1.165) is 0 Å². The van der Waals surface area contributed by atoms with Crippen molar-refractivity contribution >= 4 is 34.4 Å². The summed E-state index contributed by atoms with van der Waals surface area (Å²) in [4.78, 5) is 28.6. The largest absolute Gasteiger partial charge is 0.357 e. The van der Waals surface area contributed by atoms with Crippen LogP contribution in [0, 0.1) is 0 Å². The van der Waals surface area contributed by atoms with Crippen molar-refractivity contribution in [1.82, 2.24) is 4.90 Å². The summed E-state index contributed by atoms with van der Waals surface area (Å²) in [5.74, 6) is -0.443. The molecule has 0 spiro atoms. The van der Waals surface area contributed by atoms with Crippen molar-refractivity contribution < 1.29 is 9.59 Å². The number of amidine groups is 1. The normalized spacial score (nSPS) is 11.1. The van der Waals surface area contributed by atoms with Gasteiger partial charge in [0, 0.05) is 32.3 Å². The molecule has 0 heterocycles. The third kappa shape index (κ3) is 4.75. The van der Waals surface area contributed by atoms with Crippen LogP contribution in [0.4, 0.5) is 5.69 Å². The highest BCUT2D eigenvalue weighted by Gasteiger charge is 2.08. The maximum atomic E-state index is 11.9. The minimum atomic E-state index is -0.299. The van der Waals surface area contributed by atoms with Gasteiger partial charge >= 0.3 is 0 Å². The van der Waals surface area contributed by atoms with E-state index >= 15 is 0 Å². The molecular weight excluding hydrogens is 262 g/mol. The predicted molar refractivity (Wildman–Crippen MR) is 79.7 cm³/mol. The number of anilines is 1. The van der Waals surface area contributed by atoms with Crippen molar-refractivity contribution in [1.29, 1.82) is 0 Å². The van der Waals surface area contributed by atoms with E-state index in [0.29, 0.717) is 16.4 Å². The lowest BCUT2D eigenvalue weighted by atomic mass is 10.2. The first kappa shape index (κ1) is 15.2. The average molecular weight is 279 g/mol. The molecule has 0 aromatic heterocycles. The zero-order valence-electron chi connectivity index (χ0n) is 11.4. The summed E-state index contributed by atoms with van der Waals surface area (Å²) >= 11 is 1.41. The van der Waals surface area contributed by atoms with E-state index in [4.69, 9.17) is 0 Å². The topological polar surface area (TPSA) is 61.8 Å². The van der Waals surface area contributed by atoms with E-state index < -0.39 is 0 Å². The number of nitrogens with one attached hydrogen (secondary N) is 1. The van der Waals surface area contributed by atoms with Gasteiger partial charge in [-0.15, -0.1) is 0 Å². The van der Waals surface area contributed by atoms with Gasteiger partial charge in [0.25, 0.3) is 5.91 Å². The van der Waals surface area contributed by atoms with Crippen LogP contribution in [0.25, 0.3) is 0 Å². The lowest BCUT2D eigenvalue weighted by Crippen LogP contribution is -2.19. The van der Waals surface area contributed by atoms with Crippen LogP contribution in [0.2, 0.25) is 0 Å². The average Bonchev–Trinajstić information content (AvgIpc) is 2.35. The van der Waals surface area contributed by atoms with Gasteiger partial charge in [-0.2, -0.15) is 4.99 Å². The Morgan fingerprint density at radius 1 is 1.21 bits per heavy atom. The first-order valence-electron chi connectivity index (χ1n) is 5.66. The fourth-order valence-electron chi connectivity index (χ4n) is 1.38. The van der Waals surface area contributed by atoms with Crippen LogP contribution in [-0.4, -0.2) is 42.2 Å². The number of hydrogen-bond acceptors (Lipinski definition) is 3. The second-order valence-corrected chi connectivity index (χ2v) is 4.83. The molecule has 0 bridgehead atoms. The fourth-order valence-corrected chi connectivity index (χ4v) is 1.92. The molecule has 0 atom stereocenters. The molecule has 0 radical (unpaired) electrons. The Bertz CT molecular complexity index is 495. The molecule has 0 fully saturated rings. The lowest BCUT2D eigenvalue weighted by Gasteiger charge is -2.12. The van der Waals surface area contributed by atoms with Gasteiger partial charge < -0.3 is 10.2 Å². The number of hydrogen-bond donors (Lipinski definition) is 1. The van der Waals surface area contributed by atoms with E-state index in [-0.39, 0.29) is 11.8 Å². The van der Waals surface area contributed by atoms with Crippen LogP contribution in [0.3, 0.4) is 0 Å². The standard InChI is InChI=1S/C13H17N3O2S/c1-9(17)14-11-7-5-10(6-8-11)12(18)15-13(19-4)16(2)3/h5-8H,1-4H3,(H,14,17). The number of aliphatic imine (C=N–C) groups is 1. The Morgan fingerprint density at radius 2 is 1.79 bits per heavy atom. The summed E-state index contributed by atoms with van der Waals surface area (Å²) in [5.41, 5.74) is 1.15. The minimum absolute atomic E-state index is 0.144. The van der Waals surface area contributed by atoms with Crippen LogP contribution in [0.5, 0.6) is 0 Å². The molecule has 0 saturated carbocycles. The summed E-state index contributed by atoms with van der Waals surface area (Å²) in [6, 6.07) is 6.65. The highest BCUT2D eigenvalue weighted by molar-refractivity contribution is 8.13. The molecule has 0 unspecified atom stereocenters. The van der Waals surface area contributed by atoms with Crippen molar-refractivity contribution in [3.05, 3.63) is 29.8 Å². The van der Waals surface area contributed by atoms with Gasteiger partial charge in [0.1, 0.15) is 0 Å². The Balaban J connectivity index is 2.86. The van der Waals surface area contributed by atoms with E-state index in [1.54, 1.807) is 29.2 Å². The van der Waals surface area contributed by atoms with Crippen molar-refractivity contribution in [2.75, 3.05) is 25.7 Å². The zero-order valence-corrected chi connectivity index (χ0v) is 12.2. The second kappa shape index (κ2) is 6.94. The summed E-state index contributed by atoms with van der Waals surface area (Å²) in [7, 11) is 3.67. The zero-order chi connectivity index (χ0) is 14.4. The number of carbonyl (C=O) groups excluding carboxylic acids is 2. The smallest absolute Gasteiger partial charge is 0.279 e. The van der Waals surface area contributed by atoms with Crippen molar-refractivity contribution in [2.24, 2.45) is 4.99 Å². The maximum absolute atomic E-state index is 11.9. The molecule has 0 aliphatic rings. The van der Waals surface area contributed by atoms with Crippen LogP contribution in [0.1, 0.15) is 17.3 Å². The van der Waals surface area contributed by atoms with Gasteiger partial charge in [0.2, 0.25) is 5.91 Å². The molecule has 102 valence electrons. The fraction of sp³-hybridized carbons (Fsp3) is 0.308. The number of nitrogens with zero attached hydrogens (tertiary/aromatic N) is 2. The van der Waals surface area contributed by atoms with Crippen LogP contribution in [0.15, 0.2) is 29.3 Å². The molecule has 1 aromatic rings. The summed E-state index contributed by atoms with van der Waals surface area (Å²) in [6.45, 7) is 1.44. The van der Waals surface area contributed by atoms with Crippen molar-refractivity contribution in [3.8, 4) is 0 Å². The maximum Gasteiger partial charge on any atom is 0.279 e. The number of benzene rings is 1. The van der Waals surface area contributed by atoms with E-state index in [2.05, 4.69) is 10.3 Å². The van der Waals surface area contributed by atoms with Gasteiger partial charge in [0.05, 0.1) is 0 Å². The molecule has 1 aromatic carbocycles. The number of rotatable bonds is 2. The quantitative estimate of drug-likeness (QED) is 0.665. The Morgan fingerprint density at radius 3 is 2.21 bits per heavy atom. The number of amides is 2. The number of thioether (sulfide) groups is 1. The lowest BCUT2D eigenvalue weighted by molar-refractivity contribution is -0.114. The molecule has 6 heteroatoms. The van der Waals surface area contributed by atoms with Gasteiger partial charge in [-0.05, 0) is 30.5 Å². The number of carbonyl (C=O) groups is 2.